The molecule has 3 aromatic carbocycles. The van der Waals surface area contributed by atoms with Crippen LogP contribution in [0.1, 0.15) is 62.3 Å². The van der Waals surface area contributed by atoms with Crippen molar-refractivity contribution in [1.29, 1.82) is 0 Å². The molecule has 0 saturated heterocycles. The van der Waals surface area contributed by atoms with Crippen LogP contribution in [0, 0.1) is 0 Å². The highest BCUT2D eigenvalue weighted by Crippen LogP contribution is 2.59. The molecule has 0 aliphatic carbocycles. The minimum absolute atomic E-state index is 1.05. The van der Waals surface area contributed by atoms with Gasteiger partial charge in [-0.1, -0.05) is 68.4 Å². The van der Waals surface area contributed by atoms with Crippen LogP contribution < -0.4 is 0 Å². The van der Waals surface area contributed by atoms with Gasteiger partial charge in [0.15, 0.2) is 0 Å². The van der Waals surface area contributed by atoms with Crippen LogP contribution in [0.5, 0.6) is 0 Å². The average molecular weight is 771 g/mol. The summed E-state index contributed by atoms with van der Waals surface area (Å²) in [4.78, 5) is 13.1. The molecule has 0 aliphatic rings. The third kappa shape index (κ3) is 10.2. The van der Waals surface area contributed by atoms with Crippen molar-refractivity contribution in [3.8, 4) is 22.3 Å². The summed E-state index contributed by atoms with van der Waals surface area (Å²) in [6, 6.07) is 12.0. The van der Waals surface area contributed by atoms with E-state index in [0.29, 0.717) is 0 Å². The fraction of sp³-hybridized carbons (Fsp3) is 0.500. The molecule has 0 spiro atoms. The van der Waals surface area contributed by atoms with Crippen molar-refractivity contribution in [3.05, 3.63) is 30.3 Å². The van der Waals surface area contributed by atoms with E-state index in [1.165, 1.54) is 66.3 Å². The molecule has 3 rings (SSSR count). The molecule has 0 amide bonds. The van der Waals surface area contributed by atoms with Gasteiger partial charge in [-0.15, -0.1) is 106 Å². The lowest BCUT2D eigenvalue weighted by Crippen LogP contribution is -2.03. The van der Waals surface area contributed by atoms with Crippen molar-refractivity contribution in [3.63, 3.8) is 0 Å². The van der Waals surface area contributed by atoms with Gasteiger partial charge in [-0.3, -0.25) is 0 Å². The Morgan fingerprint density at radius 2 is 0.622 bits per heavy atom. The highest BCUT2D eigenvalue weighted by Gasteiger charge is 2.31. The summed E-state index contributed by atoms with van der Waals surface area (Å²) < 4.78 is 0. The molecule has 0 radical (unpaired) electrons. The van der Waals surface area contributed by atoms with E-state index in [1.54, 1.807) is 0 Å². The molecular weight excluding hydrogens is 721 g/mol. The van der Waals surface area contributed by atoms with Crippen LogP contribution in [0.2, 0.25) is 0 Å². The molecule has 0 aromatic heterocycles. The zero-order valence-electron chi connectivity index (χ0n) is 28.4. The van der Waals surface area contributed by atoms with Crippen molar-refractivity contribution in [2.24, 2.45) is 0 Å². The van der Waals surface area contributed by atoms with Gasteiger partial charge in [0.25, 0.3) is 0 Å². The van der Waals surface area contributed by atoms with Gasteiger partial charge in [0, 0.05) is 66.3 Å². The van der Waals surface area contributed by atoms with Crippen LogP contribution in [-0.2, 0) is 0 Å². The zero-order valence-corrected chi connectivity index (χ0v) is 35.8. The minimum Gasteiger partial charge on any atom is -0.126 e. The van der Waals surface area contributed by atoms with Gasteiger partial charge < -0.3 is 0 Å². The molecule has 3 aromatic rings. The molecule has 9 heteroatoms. The zero-order chi connectivity index (χ0) is 32.8. The second-order valence-corrected chi connectivity index (χ2v) is 21.0. The van der Waals surface area contributed by atoms with Gasteiger partial charge in [-0.25, -0.2) is 0 Å². The van der Waals surface area contributed by atoms with E-state index in [0.717, 1.165) is 51.8 Å². The van der Waals surface area contributed by atoms with E-state index in [4.69, 9.17) is 0 Å². The first-order valence-corrected chi connectivity index (χ1v) is 25.1. The normalized spacial score (nSPS) is 11.5. The first-order valence-electron chi connectivity index (χ1n) is 16.2. The van der Waals surface area contributed by atoms with Crippen molar-refractivity contribution in [1.82, 2.24) is 0 Å². The van der Waals surface area contributed by atoms with E-state index in [9.17, 15) is 0 Å². The Morgan fingerprint density at radius 3 is 0.933 bits per heavy atom. The maximum Gasteiger partial charge on any atom is 0.0306 e. The van der Waals surface area contributed by atoms with Crippen molar-refractivity contribution >= 4 is 106 Å². The van der Waals surface area contributed by atoms with Crippen LogP contribution in [-0.4, -0.2) is 51.8 Å². The van der Waals surface area contributed by atoms with E-state index in [1.807, 2.05) is 58.8 Å². The van der Waals surface area contributed by atoms with Gasteiger partial charge in [-0.05, 0) is 76.0 Å². The number of rotatable bonds is 20. The molecule has 0 fully saturated rings. The summed E-state index contributed by atoms with van der Waals surface area (Å²) in [5.74, 6) is 9.59. The first-order chi connectivity index (χ1) is 22.0. The Bertz CT molecular complexity index is 1280. The van der Waals surface area contributed by atoms with Gasteiger partial charge in [0.05, 0.1) is 0 Å². The molecular formula is C36H50S9. The Labute approximate surface area is 313 Å². The third-order valence-electron chi connectivity index (χ3n) is 6.51. The molecule has 0 bridgehead atoms. The van der Waals surface area contributed by atoms with Crippen LogP contribution in [0.3, 0.4) is 0 Å². The molecule has 0 aliphatic heterocycles. The van der Waals surface area contributed by atoms with Crippen LogP contribution in [0.4, 0.5) is 0 Å². The summed E-state index contributed by atoms with van der Waals surface area (Å²) in [5.41, 5.74) is 5.92. The van der Waals surface area contributed by atoms with Crippen LogP contribution in [0.15, 0.2) is 74.4 Å². The SMILES string of the molecule is CCSc1cc(SCC)c(-c2c(SCC)c(SCC)c(-c3c(SCC)cccc3SCC)c(SCC)c2SCC)c(SCC)c1. The topological polar surface area (TPSA) is 0 Å². The van der Waals surface area contributed by atoms with Gasteiger partial charge in [0.2, 0.25) is 0 Å². The van der Waals surface area contributed by atoms with E-state index >= 15 is 0 Å². The molecule has 45 heavy (non-hydrogen) atoms. The van der Waals surface area contributed by atoms with Gasteiger partial charge in [0.1, 0.15) is 0 Å². The molecule has 0 atom stereocenters. The molecule has 248 valence electrons. The maximum absolute atomic E-state index is 2.49. The molecule has 0 heterocycles. The fourth-order valence-electron chi connectivity index (χ4n) is 5.15. The Kier molecular flexibility index (Phi) is 19.5. The fourth-order valence-corrected chi connectivity index (χ4v) is 13.9. The van der Waals surface area contributed by atoms with E-state index < -0.39 is 0 Å². The predicted molar refractivity (Wildman–Crippen MR) is 225 cm³/mol. The lowest BCUT2D eigenvalue weighted by atomic mass is 9.98. The number of benzene rings is 3. The minimum atomic E-state index is 1.05. The highest BCUT2D eigenvalue weighted by molar-refractivity contribution is 8.04. The monoisotopic (exact) mass is 770 g/mol. The largest absolute Gasteiger partial charge is 0.126 e. The second kappa shape index (κ2) is 21.8. The molecule has 0 saturated carbocycles. The summed E-state index contributed by atoms with van der Waals surface area (Å²) in [5, 5.41) is 0. The molecule has 0 N–H and O–H groups in total. The standard InChI is InChI=1S/C36H50S9/c1-10-37-24-22-27(40-13-4)30(28(23-24)41-14-5)32-35(44-17-8)33(42-15-6)31(34(43-16-7)36(32)45-18-9)29-25(38-11-2)20-19-21-26(29)39-12-3/h19-23H,10-18H2,1-9H3. The highest BCUT2D eigenvalue weighted by atomic mass is 32.2. The van der Waals surface area contributed by atoms with Crippen LogP contribution >= 0.6 is 106 Å². The van der Waals surface area contributed by atoms with Crippen molar-refractivity contribution in [2.45, 2.75) is 106 Å². The second-order valence-electron chi connectivity index (χ2n) is 9.39. The first kappa shape index (κ1) is 40.2. The number of hydrogen-bond donors (Lipinski definition) is 0. The van der Waals surface area contributed by atoms with E-state index in [-0.39, 0.29) is 0 Å². The van der Waals surface area contributed by atoms with Crippen molar-refractivity contribution < 1.29 is 0 Å². The predicted octanol–water partition coefficient (Wildman–Crippen LogP) is 15.0. The summed E-state index contributed by atoms with van der Waals surface area (Å²) in [7, 11) is 0. The Hall–Kier alpha value is 0.810. The van der Waals surface area contributed by atoms with Crippen molar-refractivity contribution in [2.75, 3.05) is 51.8 Å². The average Bonchev–Trinajstić information content (AvgIpc) is 3.02. The molecule has 0 unspecified atom stereocenters. The van der Waals surface area contributed by atoms with Gasteiger partial charge >= 0.3 is 0 Å². The number of hydrogen-bond acceptors (Lipinski definition) is 9. The quantitative estimate of drug-likeness (QED) is 0.102. The summed E-state index contributed by atoms with van der Waals surface area (Å²) in [6.45, 7) is 20.8. The summed E-state index contributed by atoms with van der Waals surface area (Å²) >= 11 is 18.3. The van der Waals surface area contributed by atoms with Gasteiger partial charge in [-0.2, -0.15) is 0 Å². The van der Waals surface area contributed by atoms with Crippen LogP contribution in [0.25, 0.3) is 22.3 Å². The maximum atomic E-state index is 2.49. The summed E-state index contributed by atoms with van der Waals surface area (Å²) in [6.07, 6.45) is 0. The Morgan fingerprint density at radius 1 is 0.333 bits per heavy atom. The third-order valence-corrected chi connectivity index (χ3v) is 15.3. The Balaban J connectivity index is 2.71. The lowest BCUT2D eigenvalue weighted by Gasteiger charge is -2.29. The molecule has 0 nitrogen and oxygen atoms in total. The number of thioether (sulfide) groups is 9. The smallest absolute Gasteiger partial charge is 0.0306 e. The van der Waals surface area contributed by atoms with E-state index in [2.05, 4.69) is 140 Å². The lowest BCUT2D eigenvalue weighted by molar-refractivity contribution is 1.06.